The number of aliphatic imine (C=N–C) groups is 2. The van der Waals surface area contributed by atoms with Crippen LogP contribution in [0.4, 0.5) is 0 Å². The molecule has 0 bridgehead atoms. The number of rotatable bonds is 14. The lowest BCUT2D eigenvalue weighted by molar-refractivity contribution is 0.0721. The van der Waals surface area contributed by atoms with Crippen LogP contribution in [0.2, 0.25) is 0 Å². The molecule has 0 saturated carbocycles. The predicted octanol–water partition coefficient (Wildman–Crippen LogP) is 3.57. The first kappa shape index (κ1) is 30.0. The quantitative estimate of drug-likeness (QED) is 0.366. The van der Waals surface area contributed by atoms with Crippen LogP contribution in [0.15, 0.2) is 57.2 Å². The van der Waals surface area contributed by atoms with E-state index in [9.17, 15) is 0 Å². The van der Waals surface area contributed by atoms with E-state index in [0.29, 0.717) is 45.4 Å². The molecule has 1 unspecified atom stereocenters. The van der Waals surface area contributed by atoms with Crippen molar-refractivity contribution in [2.45, 2.75) is 46.1 Å². The van der Waals surface area contributed by atoms with Crippen molar-refractivity contribution < 1.29 is 14.2 Å². The van der Waals surface area contributed by atoms with Gasteiger partial charge in [-0.25, -0.2) is 0 Å². The summed E-state index contributed by atoms with van der Waals surface area (Å²) in [6.45, 7) is 17.1. The second-order valence-electron chi connectivity index (χ2n) is 9.16. The van der Waals surface area contributed by atoms with E-state index in [-0.39, 0.29) is 6.10 Å². The lowest BCUT2D eigenvalue weighted by Crippen LogP contribution is -2.35. The van der Waals surface area contributed by atoms with Gasteiger partial charge in [-0.1, -0.05) is 37.3 Å². The molecule has 0 aromatic heterocycles. The van der Waals surface area contributed by atoms with Crippen LogP contribution >= 0.6 is 0 Å². The molecule has 8 nitrogen and oxygen atoms in total. The number of allylic oxidation sites excluding steroid dienone is 2. The van der Waals surface area contributed by atoms with E-state index in [1.165, 1.54) is 0 Å². The normalized spacial score (nSPS) is 22.1. The van der Waals surface area contributed by atoms with Crippen LogP contribution in [0, 0.1) is 0 Å². The molecule has 0 radical (unpaired) electrons. The van der Waals surface area contributed by atoms with E-state index in [4.69, 9.17) is 24.9 Å². The van der Waals surface area contributed by atoms with E-state index in [0.717, 1.165) is 67.1 Å². The Labute approximate surface area is 218 Å². The summed E-state index contributed by atoms with van der Waals surface area (Å²) in [5.41, 5.74) is 10.3. The zero-order chi connectivity index (χ0) is 26.3. The number of nitrogens with two attached hydrogens (primary N) is 1. The molecule has 2 aliphatic rings. The SMILES string of the molecule is C=C1C2=C(C=C(C)C=CC2OCCN(CCC)CCOC)C/N=C(/N)C/N=C(/CCCOCC)N1C. The summed E-state index contributed by atoms with van der Waals surface area (Å²) in [6.07, 6.45) is 8.91. The first-order valence-electron chi connectivity index (χ1n) is 13.2. The average Bonchev–Trinajstić information content (AvgIpc) is 3.02. The van der Waals surface area contributed by atoms with Gasteiger partial charge in [0.2, 0.25) is 0 Å². The van der Waals surface area contributed by atoms with Crippen LogP contribution in [0.1, 0.15) is 40.0 Å². The maximum absolute atomic E-state index is 6.51. The van der Waals surface area contributed by atoms with Gasteiger partial charge in [0.15, 0.2) is 0 Å². The molecule has 1 atom stereocenters. The Morgan fingerprint density at radius 3 is 2.64 bits per heavy atom. The molecular formula is C28H47N5O3. The summed E-state index contributed by atoms with van der Waals surface area (Å²) in [6, 6.07) is 0. The minimum absolute atomic E-state index is 0.241. The van der Waals surface area contributed by atoms with E-state index >= 15 is 0 Å². The van der Waals surface area contributed by atoms with Crippen molar-refractivity contribution in [3.8, 4) is 0 Å². The molecular weight excluding hydrogens is 454 g/mol. The molecule has 0 fully saturated rings. The highest BCUT2D eigenvalue weighted by Crippen LogP contribution is 2.29. The fourth-order valence-corrected chi connectivity index (χ4v) is 4.29. The van der Waals surface area contributed by atoms with Crippen molar-refractivity contribution in [2.75, 3.05) is 73.3 Å². The number of nitrogens with zero attached hydrogens (tertiary/aromatic N) is 4. The van der Waals surface area contributed by atoms with Gasteiger partial charge in [-0.05, 0) is 38.8 Å². The number of likely N-dealkylation sites (N-methyl/N-ethyl adjacent to an activating group) is 1. The molecule has 0 spiro atoms. The van der Waals surface area contributed by atoms with Crippen LogP contribution < -0.4 is 5.73 Å². The molecule has 2 rings (SSSR count). The molecule has 0 aromatic rings. The number of methoxy groups -OCH3 is 1. The van der Waals surface area contributed by atoms with E-state index in [1.807, 2.05) is 14.0 Å². The average molecular weight is 502 g/mol. The Kier molecular flexibility index (Phi) is 13.7. The van der Waals surface area contributed by atoms with Crippen molar-refractivity contribution >= 4 is 11.7 Å². The van der Waals surface area contributed by atoms with Gasteiger partial charge < -0.3 is 24.8 Å². The van der Waals surface area contributed by atoms with E-state index in [1.54, 1.807) is 7.11 Å². The predicted molar refractivity (Wildman–Crippen MR) is 150 cm³/mol. The van der Waals surface area contributed by atoms with Crippen molar-refractivity contribution in [1.82, 2.24) is 9.80 Å². The Morgan fingerprint density at radius 1 is 1.14 bits per heavy atom. The van der Waals surface area contributed by atoms with Crippen molar-refractivity contribution in [1.29, 1.82) is 0 Å². The largest absolute Gasteiger partial charge is 0.386 e. The third kappa shape index (κ3) is 9.65. The second kappa shape index (κ2) is 16.5. The number of ether oxygens (including phenoxy) is 3. The van der Waals surface area contributed by atoms with Crippen molar-refractivity contribution in [3.05, 3.63) is 47.2 Å². The Morgan fingerprint density at radius 2 is 1.92 bits per heavy atom. The molecule has 1 aliphatic heterocycles. The molecule has 0 saturated heterocycles. The maximum Gasteiger partial charge on any atom is 0.116 e. The van der Waals surface area contributed by atoms with Crippen LogP contribution in [0.25, 0.3) is 0 Å². The highest BCUT2D eigenvalue weighted by atomic mass is 16.5. The van der Waals surface area contributed by atoms with Crippen LogP contribution in [-0.2, 0) is 14.2 Å². The number of amidine groups is 2. The summed E-state index contributed by atoms with van der Waals surface area (Å²) in [5.74, 6) is 1.45. The van der Waals surface area contributed by atoms with E-state index in [2.05, 4.69) is 53.4 Å². The summed E-state index contributed by atoms with van der Waals surface area (Å²) >= 11 is 0. The molecule has 2 N–H and O–H groups in total. The molecule has 8 heteroatoms. The zero-order valence-electron chi connectivity index (χ0n) is 23.1. The van der Waals surface area contributed by atoms with Crippen molar-refractivity contribution in [2.24, 2.45) is 15.7 Å². The number of hydrogen-bond acceptors (Lipinski definition) is 8. The van der Waals surface area contributed by atoms with Gasteiger partial charge in [-0.15, -0.1) is 0 Å². The molecule has 1 aliphatic carbocycles. The lowest BCUT2D eigenvalue weighted by atomic mass is 9.98. The molecule has 1 heterocycles. The van der Waals surface area contributed by atoms with Gasteiger partial charge in [0.25, 0.3) is 0 Å². The maximum atomic E-state index is 6.51. The van der Waals surface area contributed by atoms with Gasteiger partial charge in [-0.3, -0.25) is 14.9 Å². The molecule has 0 aromatic carbocycles. The van der Waals surface area contributed by atoms with Crippen molar-refractivity contribution in [3.63, 3.8) is 0 Å². The summed E-state index contributed by atoms with van der Waals surface area (Å²) in [7, 11) is 3.77. The fraction of sp³-hybridized carbons (Fsp3) is 0.643. The van der Waals surface area contributed by atoms with Crippen LogP contribution in [-0.4, -0.2) is 101 Å². The minimum Gasteiger partial charge on any atom is -0.386 e. The summed E-state index contributed by atoms with van der Waals surface area (Å²) in [4.78, 5) is 13.9. The molecule has 202 valence electrons. The molecule has 0 amide bonds. The Bertz CT molecular complexity index is 859. The topological polar surface area (TPSA) is 84.9 Å². The van der Waals surface area contributed by atoms with Gasteiger partial charge in [0.05, 0.1) is 26.3 Å². The monoisotopic (exact) mass is 501 g/mol. The smallest absolute Gasteiger partial charge is 0.116 e. The van der Waals surface area contributed by atoms with Gasteiger partial charge in [0.1, 0.15) is 17.8 Å². The Balaban J connectivity index is 2.29. The second-order valence-corrected chi connectivity index (χ2v) is 9.16. The van der Waals surface area contributed by atoms with Crippen LogP contribution in [0.5, 0.6) is 0 Å². The summed E-state index contributed by atoms with van der Waals surface area (Å²) < 4.78 is 17.3. The molecule has 36 heavy (non-hydrogen) atoms. The fourth-order valence-electron chi connectivity index (χ4n) is 4.29. The summed E-state index contributed by atoms with van der Waals surface area (Å²) in [5, 5.41) is 0. The first-order valence-corrected chi connectivity index (χ1v) is 13.2. The highest BCUT2D eigenvalue weighted by Gasteiger charge is 2.25. The van der Waals surface area contributed by atoms with Crippen LogP contribution in [0.3, 0.4) is 0 Å². The third-order valence-corrected chi connectivity index (χ3v) is 6.29. The van der Waals surface area contributed by atoms with Gasteiger partial charge >= 0.3 is 0 Å². The van der Waals surface area contributed by atoms with E-state index < -0.39 is 0 Å². The van der Waals surface area contributed by atoms with Gasteiger partial charge in [-0.2, -0.15) is 0 Å². The first-order chi connectivity index (χ1) is 17.4. The standard InChI is InChI=1S/C28H47N5O3/c1-7-13-33(14-17-34-6)15-18-36-25-12-11-22(3)19-24-20-30-26(29)21-31-27(10-9-16-35-8-2)32(5)23(4)28(24)25/h11-12,19,25H,4,7-10,13-18,20-21H2,1-3,5-6H3,(H2,29,30)/b31-27-. The number of hydrogen-bond donors (Lipinski definition) is 1. The Hall–Kier alpha value is -2.26. The lowest BCUT2D eigenvalue weighted by Gasteiger charge is -2.31. The minimum atomic E-state index is -0.241. The third-order valence-electron chi connectivity index (χ3n) is 6.29. The highest BCUT2D eigenvalue weighted by molar-refractivity contribution is 5.89. The van der Waals surface area contributed by atoms with Gasteiger partial charge in [0, 0.05) is 58.2 Å². The zero-order valence-corrected chi connectivity index (χ0v) is 23.1.